The average molecular weight is 362 g/mol. The molecule has 0 aliphatic carbocycles. The predicted molar refractivity (Wildman–Crippen MR) is 103 cm³/mol. The Morgan fingerprint density at radius 1 is 1.15 bits per heavy atom. The van der Waals surface area contributed by atoms with Gasteiger partial charge in [0.1, 0.15) is 0 Å². The molecule has 26 heavy (non-hydrogen) atoms. The van der Waals surface area contributed by atoms with Crippen molar-refractivity contribution in [3.8, 4) is 5.75 Å². The number of nitro groups is 1. The molecule has 2 fully saturated rings. The number of piperazine rings is 1. The maximum atomic E-state index is 11.3. The summed E-state index contributed by atoms with van der Waals surface area (Å²) < 4.78 is 5.28. The number of benzene rings is 1. The Morgan fingerprint density at radius 2 is 1.81 bits per heavy atom. The third-order valence-corrected chi connectivity index (χ3v) is 5.82. The van der Waals surface area contributed by atoms with Crippen molar-refractivity contribution in [2.45, 2.75) is 32.2 Å². The van der Waals surface area contributed by atoms with Gasteiger partial charge in [-0.3, -0.25) is 15.0 Å². The van der Waals surface area contributed by atoms with Crippen LogP contribution in [0.2, 0.25) is 0 Å². The number of hydrogen-bond acceptors (Lipinski definition) is 6. The summed E-state index contributed by atoms with van der Waals surface area (Å²) in [5.41, 5.74) is 2.17. The first-order valence-corrected chi connectivity index (χ1v) is 9.56. The van der Waals surface area contributed by atoms with Crippen molar-refractivity contribution in [2.75, 3.05) is 58.3 Å². The summed E-state index contributed by atoms with van der Waals surface area (Å²) in [5, 5.41) is 11.3. The SMILES string of the molecule is CCc1cc([N+](=O)[O-])c(OC)cc1N1CCC(N2CCN(C)CC2)CC1. The monoisotopic (exact) mass is 362 g/mol. The third kappa shape index (κ3) is 3.94. The van der Waals surface area contributed by atoms with Crippen molar-refractivity contribution in [1.82, 2.24) is 9.80 Å². The molecular weight excluding hydrogens is 332 g/mol. The number of rotatable bonds is 5. The molecule has 7 nitrogen and oxygen atoms in total. The van der Waals surface area contributed by atoms with Crippen molar-refractivity contribution < 1.29 is 9.66 Å². The summed E-state index contributed by atoms with van der Waals surface area (Å²) in [6.07, 6.45) is 3.07. The van der Waals surface area contributed by atoms with Gasteiger partial charge < -0.3 is 14.5 Å². The number of nitrogens with zero attached hydrogens (tertiary/aromatic N) is 4. The summed E-state index contributed by atoms with van der Waals surface area (Å²) in [7, 11) is 3.69. The van der Waals surface area contributed by atoms with Gasteiger partial charge in [0, 0.05) is 63.1 Å². The highest BCUT2D eigenvalue weighted by Crippen LogP contribution is 2.36. The molecule has 2 saturated heterocycles. The van der Waals surface area contributed by atoms with Crippen molar-refractivity contribution in [1.29, 1.82) is 0 Å². The summed E-state index contributed by atoms with van der Waals surface area (Å²) in [6.45, 7) is 8.65. The fourth-order valence-corrected chi connectivity index (χ4v) is 4.14. The van der Waals surface area contributed by atoms with Crippen LogP contribution in [-0.2, 0) is 6.42 Å². The van der Waals surface area contributed by atoms with Gasteiger partial charge in [-0.1, -0.05) is 6.92 Å². The topological polar surface area (TPSA) is 62.1 Å². The number of anilines is 1. The van der Waals surface area contributed by atoms with Crippen molar-refractivity contribution in [3.05, 3.63) is 27.8 Å². The zero-order valence-electron chi connectivity index (χ0n) is 16.1. The molecule has 0 unspecified atom stereocenters. The zero-order chi connectivity index (χ0) is 18.7. The molecule has 3 rings (SSSR count). The molecule has 0 atom stereocenters. The lowest BCUT2D eigenvalue weighted by molar-refractivity contribution is -0.385. The van der Waals surface area contributed by atoms with Crippen LogP contribution in [0, 0.1) is 10.1 Å². The second-order valence-electron chi connectivity index (χ2n) is 7.32. The van der Waals surface area contributed by atoms with Gasteiger partial charge in [0.2, 0.25) is 0 Å². The summed E-state index contributed by atoms with van der Waals surface area (Å²) in [6, 6.07) is 4.19. The second-order valence-corrected chi connectivity index (χ2v) is 7.32. The van der Waals surface area contributed by atoms with Crippen LogP contribution in [0.1, 0.15) is 25.3 Å². The summed E-state index contributed by atoms with van der Waals surface area (Å²) in [4.78, 5) is 18.3. The summed E-state index contributed by atoms with van der Waals surface area (Å²) in [5.74, 6) is 0.350. The summed E-state index contributed by atoms with van der Waals surface area (Å²) >= 11 is 0. The van der Waals surface area contributed by atoms with Crippen LogP contribution in [0.5, 0.6) is 5.75 Å². The molecule has 0 amide bonds. The van der Waals surface area contributed by atoms with Crippen LogP contribution in [0.4, 0.5) is 11.4 Å². The van der Waals surface area contributed by atoms with Crippen LogP contribution in [0.25, 0.3) is 0 Å². The Balaban J connectivity index is 1.71. The molecule has 2 heterocycles. The number of likely N-dealkylation sites (N-methyl/N-ethyl adjacent to an activating group) is 1. The van der Waals surface area contributed by atoms with E-state index in [1.807, 2.05) is 13.0 Å². The van der Waals surface area contributed by atoms with Gasteiger partial charge in [-0.05, 0) is 31.9 Å². The lowest BCUT2D eigenvalue weighted by Gasteiger charge is -2.43. The molecule has 0 N–H and O–H groups in total. The van der Waals surface area contributed by atoms with Gasteiger partial charge in [-0.25, -0.2) is 0 Å². The Kier molecular flexibility index (Phi) is 5.98. The third-order valence-electron chi connectivity index (χ3n) is 5.82. The number of hydrogen-bond donors (Lipinski definition) is 0. The molecule has 1 aromatic carbocycles. The normalized spacial score (nSPS) is 20.3. The van der Waals surface area contributed by atoms with Crippen LogP contribution in [0.15, 0.2) is 12.1 Å². The van der Waals surface area contributed by atoms with Crippen LogP contribution < -0.4 is 9.64 Å². The van der Waals surface area contributed by atoms with E-state index in [1.165, 1.54) is 7.11 Å². The smallest absolute Gasteiger partial charge is 0.311 e. The maximum absolute atomic E-state index is 11.3. The maximum Gasteiger partial charge on any atom is 0.311 e. The fraction of sp³-hybridized carbons (Fsp3) is 0.684. The fourth-order valence-electron chi connectivity index (χ4n) is 4.14. The molecule has 2 aliphatic rings. The Bertz CT molecular complexity index is 636. The van der Waals surface area contributed by atoms with Crippen molar-refractivity contribution >= 4 is 11.4 Å². The van der Waals surface area contributed by atoms with E-state index in [1.54, 1.807) is 6.07 Å². The van der Waals surface area contributed by atoms with Crippen LogP contribution in [-0.4, -0.2) is 74.2 Å². The van der Waals surface area contributed by atoms with E-state index >= 15 is 0 Å². The Hall–Kier alpha value is -1.86. The average Bonchev–Trinajstić information content (AvgIpc) is 2.67. The van der Waals surface area contributed by atoms with E-state index in [4.69, 9.17) is 4.74 Å². The number of ether oxygens (including phenoxy) is 1. The number of methoxy groups -OCH3 is 1. The Morgan fingerprint density at radius 3 is 2.35 bits per heavy atom. The first-order valence-electron chi connectivity index (χ1n) is 9.56. The largest absolute Gasteiger partial charge is 0.490 e. The minimum atomic E-state index is -0.360. The second kappa shape index (κ2) is 8.22. The van der Waals surface area contributed by atoms with E-state index in [-0.39, 0.29) is 10.6 Å². The van der Waals surface area contributed by atoms with Gasteiger partial charge in [0.25, 0.3) is 0 Å². The van der Waals surface area contributed by atoms with E-state index in [9.17, 15) is 10.1 Å². The Labute approximate surface area is 155 Å². The van der Waals surface area contributed by atoms with Crippen LogP contribution >= 0.6 is 0 Å². The van der Waals surface area contributed by atoms with Gasteiger partial charge in [0.15, 0.2) is 5.75 Å². The molecule has 0 radical (unpaired) electrons. The highest BCUT2D eigenvalue weighted by molar-refractivity contribution is 5.64. The van der Waals surface area contributed by atoms with E-state index < -0.39 is 0 Å². The molecule has 2 aliphatic heterocycles. The first-order chi connectivity index (χ1) is 12.5. The molecule has 144 valence electrons. The van der Waals surface area contributed by atoms with E-state index in [2.05, 4.69) is 21.7 Å². The standard InChI is InChI=1S/C19H30N4O3/c1-4-15-13-18(23(24)25)19(26-3)14-17(15)22-7-5-16(6-8-22)21-11-9-20(2)10-12-21/h13-14,16H,4-12H2,1-3H3. The molecular formula is C19H30N4O3. The van der Waals surface area contributed by atoms with E-state index in [0.717, 1.165) is 69.8 Å². The lowest BCUT2D eigenvalue weighted by Crippen LogP contribution is -2.52. The van der Waals surface area contributed by atoms with Gasteiger partial charge >= 0.3 is 5.69 Å². The van der Waals surface area contributed by atoms with Crippen LogP contribution in [0.3, 0.4) is 0 Å². The van der Waals surface area contributed by atoms with E-state index in [0.29, 0.717) is 11.8 Å². The molecule has 0 spiro atoms. The van der Waals surface area contributed by atoms with Gasteiger partial charge in [0.05, 0.1) is 12.0 Å². The molecule has 1 aromatic rings. The predicted octanol–water partition coefficient (Wildman–Crippen LogP) is 2.38. The minimum absolute atomic E-state index is 0.0559. The number of piperidine rings is 1. The highest BCUT2D eigenvalue weighted by Gasteiger charge is 2.28. The molecule has 0 aromatic heterocycles. The minimum Gasteiger partial charge on any atom is -0.490 e. The molecule has 0 bridgehead atoms. The molecule has 0 saturated carbocycles. The lowest BCUT2D eigenvalue weighted by atomic mass is 9.99. The highest BCUT2D eigenvalue weighted by atomic mass is 16.6. The molecule has 7 heteroatoms. The zero-order valence-corrected chi connectivity index (χ0v) is 16.1. The number of nitro benzene ring substituents is 1. The quantitative estimate of drug-likeness (QED) is 0.592. The first kappa shape index (κ1) is 18.9. The van der Waals surface area contributed by atoms with Crippen molar-refractivity contribution in [3.63, 3.8) is 0 Å². The van der Waals surface area contributed by atoms with Crippen molar-refractivity contribution in [2.24, 2.45) is 0 Å². The van der Waals surface area contributed by atoms with Gasteiger partial charge in [-0.15, -0.1) is 0 Å². The number of aryl methyl sites for hydroxylation is 1. The van der Waals surface area contributed by atoms with Gasteiger partial charge in [-0.2, -0.15) is 0 Å².